The molecule has 0 aromatic heterocycles. The largest absolute Gasteiger partial charge is 0.379 e. The first-order valence-electron chi connectivity index (χ1n) is 8.32. The van der Waals surface area contributed by atoms with Gasteiger partial charge in [0.1, 0.15) is 0 Å². The molecule has 3 N–H and O–H groups in total. The standard InChI is InChI=1S/C15H29N5O2.HI/c1-16-15(18-7-8-20-9-11-22-12-10-20)17-6-2-3-14(21)19-13-4-5-13;/h13H,2-12H2,1H3,(H,19,21)(H2,16,17,18);1H. The van der Waals surface area contributed by atoms with Crippen LogP contribution in [-0.2, 0) is 9.53 Å². The van der Waals surface area contributed by atoms with Crippen molar-refractivity contribution in [3.63, 3.8) is 0 Å². The van der Waals surface area contributed by atoms with Crippen LogP contribution >= 0.6 is 24.0 Å². The van der Waals surface area contributed by atoms with Gasteiger partial charge in [-0.05, 0) is 19.3 Å². The van der Waals surface area contributed by atoms with E-state index in [-0.39, 0.29) is 29.9 Å². The summed E-state index contributed by atoms with van der Waals surface area (Å²) in [6, 6.07) is 0.454. The van der Waals surface area contributed by atoms with Crippen LogP contribution in [0, 0.1) is 0 Å². The monoisotopic (exact) mass is 439 g/mol. The van der Waals surface area contributed by atoms with Gasteiger partial charge in [0.05, 0.1) is 13.2 Å². The highest BCUT2D eigenvalue weighted by Crippen LogP contribution is 2.18. The summed E-state index contributed by atoms with van der Waals surface area (Å²) in [4.78, 5) is 18.1. The zero-order valence-corrected chi connectivity index (χ0v) is 16.3. The molecule has 134 valence electrons. The second kappa shape index (κ2) is 11.9. The lowest BCUT2D eigenvalue weighted by atomic mass is 10.3. The molecule has 0 aromatic carbocycles. The second-order valence-electron chi connectivity index (χ2n) is 5.83. The van der Waals surface area contributed by atoms with Gasteiger partial charge in [0, 0.05) is 52.2 Å². The van der Waals surface area contributed by atoms with Gasteiger partial charge in [0.25, 0.3) is 0 Å². The molecule has 0 aromatic rings. The van der Waals surface area contributed by atoms with Crippen LogP contribution in [0.1, 0.15) is 25.7 Å². The van der Waals surface area contributed by atoms with E-state index in [0.717, 1.165) is 71.2 Å². The predicted molar refractivity (Wildman–Crippen MR) is 102 cm³/mol. The number of amides is 1. The van der Waals surface area contributed by atoms with Crippen molar-refractivity contribution in [2.45, 2.75) is 31.7 Å². The fraction of sp³-hybridized carbons (Fsp3) is 0.867. The van der Waals surface area contributed by atoms with Crippen LogP contribution in [0.3, 0.4) is 0 Å². The third kappa shape index (κ3) is 9.31. The smallest absolute Gasteiger partial charge is 0.220 e. The molecule has 1 aliphatic heterocycles. The Balaban J connectivity index is 0.00000264. The zero-order valence-electron chi connectivity index (χ0n) is 14.0. The summed E-state index contributed by atoms with van der Waals surface area (Å²) in [6.45, 7) is 6.28. The molecule has 0 atom stereocenters. The number of guanidine groups is 1. The molecule has 0 unspecified atom stereocenters. The number of rotatable bonds is 8. The van der Waals surface area contributed by atoms with E-state index < -0.39 is 0 Å². The first kappa shape index (κ1) is 20.4. The van der Waals surface area contributed by atoms with Crippen molar-refractivity contribution in [3.05, 3.63) is 0 Å². The normalized spacial score (nSPS) is 18.9. The Morgan fingerprint density at radius 2 is 1.91 bits per heavy atom. The highest BCUT2D eigenvalue weighted by Gasteiger charge is 2.22. The number of halogens is 1. The van der Waals surface area contributed by atoms with Crippen molar-refractivity contribution < 1.29 is 9.53 Å². The Labute approximate surface area is 156 Å². The number of carbonyl (C=O) groups is 1. The summed E-state index contributed by atoms with van der Waals surface area (Å²) in [5, 5.41) is 9.55. The summed E-state index contributed by atoms with van der Waals surface area (Å²) < 4.78 is 5.33. The number of carbonyl (C=O) groups excluding carboxylic acids is 1. The molecule has 1 aliphatic carbocycles. The van der Waals surface area contributed by atoms with Crippen LogP contribution in [0.4, 0.5) is 0 Å². The van der Waals surface area contributed by atoms with E-state index in [9.17, 15) is 4.79 Å². The molecule has 1 heterocycles. The van der Waals surface area contributed by atoms with Gasteiger partial charge in [-0.3, -0.25) is 14.7 Å². The first-order chi connectivity index (χ1) is 10.8. The molecule has 1 saturated heterocycles. The van der Waals surface area contributed by atoms with Crippen LogP contribution < -0.4 is 16.0 Å². The van der Waals surface area contributed by atoms with Crippen LogP contribution in [0.15, 0.2) is 4.99 Å². The Morgan fingerprint density at radius 1 is 1.22 bits per heavy atom. The Morgan fingerprint density at radius 3 is 2.57 bits per heavy atom. The van der Waals surface area contributed by atoms with Gasteiger partial charge < -0.3 is 20.7 Å². The third-order valence-electron chi connectivity index (χ3n) is 3.86. The van der Waals surface area contributed by atoms with Crippen LogP contribution in [0.2, 0.25) is 0 Å². The fourth-order valence-corrected chi connectivity index (χ4v) is 2.36. The van der Waals surface area contributed by atoms with E-state index in [2.05, 4.69) is 25.8 Å². The van der Waals surface area contributed by atoms with E-state index in [1.54, 1.807) is 7.05 Å². The number of nitrogens with zero attached hydrogens (tertiary/aromatic N) is 2. The van der Waals surface area contributed by atoms with Gasteiger partial charge in [0.2, 0.25) is 5.91 Å². The maximum Gasteiger partial charge on any atom is 0.220 e. The quantitative estimate of drug-likeness (QED) is 0.218. The molecule has 0 spiro atoms. The number of aliphatic imine (C=N–C) groups is 1. The molecule has 2 fully saturated rings. The van der Waals surface area contributed by atoms with E-state index >= 15 is 0 Å². The molecule has 0 bridgehead atoms. The average molecular weight is 439 g/mol. The van der Waals surface area contributed by atoms with E-state index in [1.165, 1.54) is 0 Å². The lowest BCUT2D eigenvalue weighted by Crippen LogP contribution is -2.44. The molecule has 2 rings (SSSR count). The van der Waals surface area contributed by atoms with Crippen molar-refractivity contribution in [2.75, 3.05) is 53.0 Å². The van der Waals surface area contributed by atoms with E-state index in [4.69, 9.17) is 4.74 Å². The van der Waals surface area contributed by atoms with Gasteiger partial charge in [-0.2, -0.15) is 0 Å². The molecular weight excluding hydrogens is 409 g/mol. The molecular formula is C15H30IN5O2. The minimum Gasteiger partial charge on any atom is -0.379 e. The minimum absolute atomic E-state index is 0. The zero-order chi connectivity index (χ0) is 15.6. The van der Waals surface area contributed by atoms with Crippen molar-refractivity contribution in [3.8, 4) is 0 Å². The van der Waals surface area contributed by atoms with Crippen molar-refractivity contribution in [1.29, 1.82) is 0 Å². The summed E-state index contributed by atoms with van der Waals surface area (Å²) >= 11 is 0. The van der Waals surface area contributed by atoms with Gasteiger partial charge in [0.15, 0.2) is 5.96 Å². The summed E-state index contributed by atoms with van der Waals surface area (Å²) in [7, 11) is 1.77. The molecule has 2 aliphatic rings. The number of hydrogen-bond donors (Lipinski definition) is 3. The number of hydrogen-bond acceptors (Lipinski definition) is 4. The van der Waals surface area contributed by atoms with Gasteiger partial charge in [-0.15, -0.1) is 24.0 Å². The number of nitrogens with one attached hydrogen (secondary N) is 3. The van der Waals surface area contributed by atoms with Gasteiger partial charge >= 0.3 is 0 Å². The second-order valence-corrected chi connectivity index (χ2v) is 5.83. The third-order valence-corrected chi connectivity index (χ3v) is 3.86. The SMILES string of the molecule is CN=C(NCCCC(=O)NC1CC1)NCCN1CCOCC1.I. The lowest BCUT2D eigenvalue weighted by Gasteiger charge is -2.26. The average Bonchev–Trinajstić information content (AvgIpc) is 3.34. The van der Waals surface area contributed by atoms with Crippen LogP contribution in [0.5, 0.6) is 0 Å². The van der Waals surface area contributed by atoms with Crippen molar-refractivity contribution >= 4 is 35.8 Å². The maximum absolute atomic E-state index is 11.6. The van der Waals surface area contributed by atoms with Crippen molar-refractivity contribution in [1.82, 2.24) is 20.9 Å². The van der Waals surface area contributed by atoms with Crippen molar-refractivity contribution in [2.24, 2.45) is 4.99 Å². The number of ether oxygens (including phenoxy) is 1. The fourth-order valence-electron chi connectivity index (χ4n) is 2.36. The lowest BCUT2D eigenvalue weighted by molar-refractivity contribution is -0.121. The van der Waals surface area contributed by atoms with E-state index in [1.807, 2.05) is 0 Å². The molecule has 7 nitrogen and oxygen atoms in total. The summed E-state index contributed by atoms with van der Waals surface area (Å²) in [5.41, 5.74) is 0. The highest BCUT2D eigenvalue weighted by molar-refractivity contribution is 14.0. The van der Waals surface area contributed by atoms with Gasteiger partial charge in [-0.1, -0.05) is 0 Å². The topological polar surface area (TPSA) is 78.0 Å². The maximum atomic E-state index is 11.6. The van der Waals surface area contributed by atoms with Crippen LogP contribution in [-0.4, -0.2) is 75.8 Å². The Hall–Kier alpha value is -0.610. The molecule has 1 amide bonds. The van der Waals surface area contributed by atoms with Gasteiger partial charge in [-0.25, -0.2) is 0 Å². The molecule has 8 heteroatoms. The molecule has 23 heavy (non-hydrogen) atoms. The highest BCUT2D eigenvalue weighted by atomic mass is 127. The summed E-state index contributed by atoms with van der Waals surface area (Å²) in [6.07, 6.45) is 3.68. The predicted octanol–water partition coefficient (Wildman–Crippen LogP) is 0.160. The Kier molecular flexibility index (Phi) is 10.5. The molecule has 1 saturated carbocycles. The summed E-state index contributed by atoms with van der Waals surface area (Å²) in [5.74, 6) is 0.968. The minimum atomic E-state index is 0. The number of morpholine rings is 1. The van der Waals surface area contributed by atoms with E-state index in [0.29, 0.717) is 12.5 Å². The Bertz CT molecular complexity index is 371. The first-order valence-corrected chi connectivity index (χ1v) is 8.32. The van der Waals surface area contributed by atoms with Crippen LogP contribution in [0.25, 0.3) is 0 Å². The molecule has 0 radical (unpaired) electrons.